The predicted molar refractivity (Wildman–Crippen MR) is 76.0 cm³/mol. The molecule has 0 aromatic carbocycles. The summed E-state index contributed by atoms with van der Waals surface area (Å²) >= 11 is 0. The summed E-state index contributed by atoms with van der Waals surface area (Å²) in [5.41, 5.74) is 0.501. The van der Waals surface area contributed by atoms with Crippen LogP contribution in [0.3, 0.4) is 0 Å². The highest BCUT2D eigenvalue weighted by Crippen LogP contribution is 2.49. The summed E-state index contributed by atoms with van der Waals surface area (Å²) in [6, 6.07) is 2.46. The normalized spacial score (nSPS) is 38.1. The molecule has 2 aliphatic rings. The third kappa shape index (κ3) is 2.90. The van der Waals surface area contributed by atoms with Crippen LogP contribution in [0.1, 0.15) is 72.1 Å². The standard InChI is InChI=1S/C17H29N/c1-13-4-8-15(9-5-13)17(2,3)16-10-6-14(12-18)7-11-16/h13-16H,4-11H2,1-3H3. The molecule has 2 aliphatic carbocycles. The first kappa shape index (κ1) is 13.9. The number of hydrogen-bond donors (Lipinski definition) is 0. The maximum absolute atomic E-state index is 9.01. The maximum atomic E-state index is 9.01. The molecule has 0 amide bonds. The van der Waals surface area contributed by atoms with Gasteiger partial charge in [-0.1, -0.05) is 33.6 Å². The van der Waals surface area contributed by atoms with Crippen molar-refractivity contribution in [1.82, 2.24) is 0 Å². The second-order valence-corrected chi connectivity index (χ2v) is 7.46. The van der Waals surface area contributed by atoms with Gasteiger partial charge in [-0.25, -0.2) is 0 Å². The smallest absolute Gasteiger partial charge is 0.0655 e. The Balaban J connectivity index is 1.92. The molecule has 2 fully saturated rings. The topological polar surface area (TPSA) is 23.8 Å². The summed E-state index contributed by atoms with van der Waals surface area (Å²) in [4.78, 5) is 0. The van der Waals surface area contributed by atoms with Crippen molar-refractivity contribution in [2.24, 2.45) is 29.1 Å². The van der Waals surface area contributed by atoms with Gasteiger partial charge in [-0.15, -0.1) is 0 Å². The Bertz CT molecular complexity index is 296. The molecule has 102 valence electrons. The van der Waals surface area contributed by atoms with E-state index in [2.05, 4.69) is 26.8 Å². The Hall–Kier alpha value is -0.510. The van der Waals surface area contributed by atoms with E-state index in [1.54, 1.807) is 0 Å². The molecule has 18 heavy (non-hydrogen) atoms. The van der Waals surface area contributed by atoms with Crippen molar-refractivity contribution in [3.8, 4) is 6.07 Å². The highest BCUT2D eigenvalue weighted by molar-refractivity contribution is 4.93. The molecule has 0 aromatic rings. The average molecular weight is 247 g/mol. The molecule has 0 unspecified atom stereocenters. The van der Waals surface area contributed by atoms with Crippen LogP contribution in [-0.4, -0.2) is 0 Å². The zero-order chi connectivity index (χ0) is 13.2. The second kappa shape index (κ2) is 5.64. The summed E-state index contributed by atoms with van der Waals surface area (Å²) in [6.45, 7) is 7.41. The van der Waals surface area contributed by atoms with Gasteiger partial charge in [0.15, 0.2) is 0 Å². The zero-order valence-corrected chi connectivity index (χ0v) is 12.4. The number of nitriles is 1. The van der Waals surface area contributed by atoms with Crippen molar-refractivity contribution >= 4 is 0 Å². The average Bonchev–Trinajstić information content (AvgIpc) is 2.39. The molecule has 0 radical (unpaired) electrons. The Kier molecular flexibility index (Phi) is 4.36. The van der Waals surface area contributed by atoms with Crippen molar-refractivity contribution in [1.29, 1.82) is 5.26 Å². The van der Waals surface area contributed by atoms with Crippen molar-refractivity contribution in [2.45, 2.75) is 72.1 Å². The van der Waals surface area contributed by atoms with Crippen molar-refractivity contribution < 1.29 is 0 Å². The molecule has 1 heteroatoms. The minimum atomic E-state index is 0.350. The van der Waals surface area contributed by atoms with Gasteiger partial charge in [0.25, 0.3) is 0 Å². The highest BCUT2D eigenvalue weighted by atomic mass is 14.4. The monoisotopic (exact) mass is 247 g/mol. The maximum Gasteiger partial charge on any atom is 0.0655 e. The summed E-state index contributed by atoms with van der Waals surface area (Å²) in [6.07, 6.45) is 10.6. The third-order valence-electron chi connectivity index (χ3n) is 6.03. The van der Waals surface area contributed by atoms with Gasteiger partial charge in [0.1, 0.15) is 0 Å². The molecule has 0 aromatic heterocycles. The van der Waals surface area contributed by atoms with Crippen LogP contribution in [0, 0.1) is 40.4 Å². The van der Waals surface area contributed by atoms with E-state index in [1.807, 2.05) is 0 Å². The molecule has 0 heterocycles. The fourth-order valence-electron chi connectivity index (χ4n) is 4.30. The van der Waals surface area contributed by atoms with Crippen LogP contribution in [-0.2, 0) is 0 Å². The fraction of sp³-hybridized carbons (Fsp3) is 0.941. The first-order valence-corrected chi connectivity index (χ1v) is 7.93. The largest absolute Gasteiger partial charge is 0.198 e. The Morgan fingerprint density at radius 3 is 1.72 bits per heavy atom. The fourth-order valence-corrected chi connectivity index (χ4v) is 4.30. The first-order chi connectivity index (χ1) is 8.54. The summed E-state index contributed by atoms with van der Waals surface area (Å²) in [5, 5.41) is 9.01. The van der Waals surface area contributed by atoms with Gasteiger partial charge in [0.2, 0.25) is 0 Å². The van der Waals surface area contributed by atoms with Crippen molar-refractivity contribution in [2.75, 3.05) is 0 Å². The van der Waals surface area contributed by atoms with Crippen LogP contribution in [0.5, 0.6) is 0 Å². The molecular formula is C17H29N. The van der Waals surface area contributed by atoms with E-state index < -0.39 is 0 Å². The molecule has 0 spiro atoms. The Morgan fingerprint density at radius 2 is 1.28 bits per heavy atom. The lowest BCUT2D eigenvalue weighted by Gasteiger charge is -2.46. The SMILES string of the molecule is CC1CCC(C(C)(C)C2CCC(C#N)CC2)CC1. The number of hydrogen-bond acceptors (Lipinski definition) is 1. The second-order valence-electron chi connectivity index (χ2n) is 7.46. The van der Waals surface area contributed by atoms with Gasteiger partial charge >= 0.3 is 0 Å². The predicted octanol–water partition coefficient (Wildman–Crippen LogP) is 5.17. The molecule has 1 nitrogen and oxygen atoms in total. The lowest BCUT2D eigenvalue weighted by atomic mass is 9.59. The van der Waals surface area contributed by atoms with Crippen LogP contribution >= 0.6 is 0 Å². The third-order valence-corrected chi connectivity index (χ3v) is 6.03. The zero-order valence-electron chi connectivity index (χ0n) is 12.4. The van der Waals surface area contributed by atoms with Crippen LogP contribution in [0.15, 0.2) is 0 Å². The summed E-state index contributed by atoms with van der Waals surface area (Å²) in [5.74, 6) is 3.09. The van der Waals surface area contributed by atoms with Gasteiger partial charge in [-0.2, -0.15) is 5.26 Å². The van der Waals surface area contributed by atoms with E-state index in [4.69, 9.17) is 5.26 Å². The lowest BCUT2D eigenvalue weighted by molar-refractivity contribution is 0.0449. The highest BCUT2D eigenvalue weighted by Gasteiger charge is 2.39. The van der Waals surface area contributed by atoms with Gasteiger partial charge in [0.05, 0.1) is 6.07 Å². The van der Waals surface area contributed by atoms with E-state index in [-0.39, 0.29) is 0 Å². The molecule has 2 saturated carbocycles. The molecule has 0 aliphatic heterocycles. The van der Waals surface area contributed by atoms with E-state index in [9.17, 15) is 0 Å². The van der Waals surface area contributed by atoms with Crippen molar-refractivity contribution in [3.63, 3.8) is 0 Å². The van der Waals surface area contributed by atoms with E-state index >= 15 is 0 Å². The van der Waals surface area contributed by atoms with Gasteiger partial charge in [-0.3, -0.25) is 0 Å². The van der Waals surface area contributed by atoms with E-state index in [0.29, 0.717) is 11.3 Å². The van der Waals surface area contributed by atoms with Gasteiger partial charge in [0, 0.05) is 5.92 Å². The summed E-state index contributed by atoms with van der Waals surface area (Å²) in [7, 11) is 0. The van der Waals surface area contributed by atoms with Gasteiger partial charge in [-0.05, 0) is 61.7 Å². The molecule has 0 atom stereocenters. The molecule has 0 saturated heterocycles. The minimum absolute atomic E-state index is 0.350. The number of nitrogens with zero attached hydrogens (tertiary/aromatic N) is 1. The molecule has 0 N–H and O–H groups in total. The van der Waals surface area contributed by atoms with Crippen LogP contribution in [0.4, 0.5) is 0 Å². The van der Waals surface area contributed by atoms with Crippen LogP contribution in [0.2, 0.25) is 0 Å². The van der Waals surface area contributed by atoms with E-state index in [1.165, 1.54) is 38.5 Å². The van der Waals surface area contributed by atoms with Crippen LogP contribution < -0.4 is 0 Å². The van der Waals surface area contributed by atoms with E-state index in [0.717, 1.165) is 30.6 Å². The quantitative estimate of drug-likeness (QED) is 0.660. The number of rotatable bonds is 2. The minimum Gasteiger partial charge on any atom is -0.198 e. The Labute approximate surface area is 113 Å². The summed E-state index contributed by atoms with van der Waals surface area (Å²) < 4.78 is 0. The first-order valence-electron chi connectivity index (χ1n) is 7.93. The lowest BCUT2D eigenvalue weighted by Crippen LogP contribution is -2.36. The van der Waals surface area contributed by atoms with Crippen molar-refractivity contribution in [3.05, 3.63) is 0 Å². The van der Waals surface area contributed by atoms with Gasteiger partial charge < -0.3 is 0 Å². The van der Waals surface area contributed by atoms with Crippen LogP contribution in [0.25, 0.3) is 0 Å². The molecular weight excluding hydrogens is 218 g/mol. The Morgan fingerprint density at radius 1 is 0.833 bits per heavy atom. The molecule has 2 rings (SSSR count). The molecule has 0 bridgehead atoms.